The number of pyridine rings is 1. The molecular formula is C38H49BrF3N5O3. The second-order valence-electron chi connectivity index (χ2n) is 14.9. The first-order valence-corrected chi connectivity index (χ1v) is 16.9. The van der Waals surface area contributed by atoms with Crippen molar-refractivity contribution in [3.63, 3.8) is 0 Å². The Hall–Kier alpha value is -3.80. The van der Waals surface area contributed by atoms with Crippen molar-refractivity contribution in [2.24, 2.45) is 16.3 Å². The minimum absolute atomic E-state index is 0. The van der Waals surface area contributed by atoms with Gasteiger partial charge >= 0.3 is 12.3 Å². The number of carbonyl (C=O) groups excluding carboxylic acids is 1. The SMILES string of the molecule is Br.Cc1ccc(C)c(Oc2ccc(CN=C(NCc3cccc(C(F)(F)F)c3)N3CCC(C4N(C(=O)OC(C)(C)C)CC4(C)C)CC3)cn2)c1. The average Bonchev–Trinajstić information content (AvgIpc) is 3.02. The number of aliphatic imine (C=N–C) groups is 1. The first-order valence-electron chi connectivity index (χ1n) is 16.9. The number of halogens is 4. The van der Waals surface area contributed by atoms with Gasteiger partial charge in [0.25, 0.3) is 0 Å². The van der Waals surface area contributed by atoms with Crippen molar-refractivity contribution >= 4 is 29.0 Å². The molecule has 272 valence electrons. The molecule has 8 nitrogen and oxygen atoms in total. The zero-order chi connectivity index (χ0) is 35.6. The number of carbonyl (C=O) groups is 1. The highest BCUT2D eigenvalue weighted by atomic mass is 79.9. The molecule has 50 heavy (non-hydrogen) atoms. The van der Waals surface area contributed by atoms with Crippen LogP contribution in [0.25, 0.3) is 0 Å². The summed E-state index contributed by atoms with van der Waals surface area (Å²) in [6, 6.07) is 15.1. The molecule has 3 aromatic rings. The smallest absolute Gasteiger partial charge is 0.416 e. The van der Waals surface area contributed by atoms with Gasteiger partial charge < -0.3 is 24.6 Å². The number of rotatable bonds is 7. The van der Waals surface area contributed by atoms with Crippen LogP contribution in [0.2, 0.25) is 0 Å². The largest absolute Gasteiger partial charge is 0.444 e. The van der Waals surface area contributed by atoms with E-state index in [0.29, 0.717) is 43.6 Å². The van der Waals surface area contributed by atoms with Crippen LogP contribution in [0.1, 0.15) is 75.3 Å². The lowest BCUT2D eigenvalue weighted by Crippen LogP contribution is -2.68. The monoisotopic (exact) mass is 759 g/mol. The number of likely N-dealkylation sites (tertiary alicyclic amines) is 2. The van der Waals surface area contributed by atoms with E-state index in [0.717, 1.165) is 41.3 Å². The fourth-order valence-corrected chi connectivity index (χ4v) is 6.73. The minimum Gasteiger partial charge on any atom is -0.444 e. The molecule has 2 aliphatic heterocycles. The van der Waals surface area contributed by atoms with Gasteiger partial charge in [0.2, 0.25) is 5.88 Å². The molecular weight excluding hydrogens is 711 g/mol. The molecule has 3 heterocycles. The molecule has 1 amide bonds. The van der Waals surface area contributed by atoms with Crippen LogP contribution in [0.3, 0.4) is 0 Å². The summed E-state index contributed by atoms with van der Waals surface area (Å²) in [5, 5.41) is 3.33. The highest BCUT2D eigenvalue weighted by Crippen LogP contribution is 2.45. The third kappa shape index (κ3) is 9.92. The standard InChI is InChI=1S/C38H48F3N5O3.BrH/c1-25-11-12-26(2)31(19-25)48-32-14-13-28(22-42-32)23-44-34(43-21-27-9-8-10-30(20-27)38(39,40)41)45-17-15-29(16-18-45)33-37(6,7)24-46(33)35(47)49-36(3,4)5;/h8-14,19-20,22,29,33H,15-18,21,23-24H2,1-7H3,(H,43,44);1H. The molecule has 1 unspecified atom stereocenters. The van der Waals surface area contributed by atoms with Crippen LogP contribution in [0.4, 0.5) is 18.0 Å². The lowest BCUT2D eigenvalue weighted by atomic mass is 9.67. The Morgan fingerprint density at radius 2 is 1.74 bits per heavy atom. The Balaban J connectivity index is 0.00000562. The summed E-state index contributed by atoms with van der Waals surface area (Å²) in [7, 11) is 0. The predicted molar refractivity (Wildman–Crippen MR) is 195 cm³/mol. The normalized spacial score (nSPS) is 18.2. The Morgan fingerprint density at radius 1 is 1.02 bits per heavy atom. The van der Waals surface area contributed by atoms with Gasteiger partial charge in [-0.3, -0.25) is 0 Å². The molecule has 2 saturated heterocycles. The molecule has 0 spiro atoms. The minimum atomic E-state index is -4.42. The zero-order valence-corrected chi connectivity index (χ0v) is 31.6. The van der Waals surface area contributed by atoms with E-state index >= 15 is 0 Å². The van der Waals surface area contributed by atoms with Gasteiger partial charge in [-0.05, 0) is 93.8 Å². The number of aryl methyl sites for hydroxylation is 2. The third-order valence-corrected chi connectivity index (χ3v) is 9.10. The lowest BCUT2D eigenvalue weighted by Gasteiger charge is -2.58. The van der Waals surface area contributed by atoms with E-state index in [2.05, 4.69) is 29.0 Å². The molecule has 5 rings (SSSR count). The van der Waals surface area contributed by atoms with Crippen LogP contribution in [-0.4, -0.2) is 58.1 Å². The van der Waals surface area contributed by atoms with Crippen LogP contribution in [0.15, 0.2) is 65.8 Å². The number of amides is 1. The Bertz CT molecular complexity index is 1650. The summed E-state index contributed by atoms with van der Waals surface area (Å²) in [6.07, 6.45) is -1.29. The van der Waals surface area contributed by atoms with Crippen molar-refractivity contribution in [3.8, 4) is 11.6 Å². The number of piperidine rings is 1. The molecule has 1 aromatic heterocycles. The maximum Gasteiger partial charge on any atom is 0.416 e. The van der Waals surface area contributed by atoms with E-state index < -0.39 is 17.3 Å². The molecule has 2 aromatic carbocycles. The van der Waals surface area contributed by atoms with E-state index in [9.17, 15) is 18.0 Å². The number of hydrogen-bond donors (Lipinski definition) is 1. The highest BCUT2D eigenvalue weighted by Gasteiger charge is 2.53. The van der Waals surface area contributed by atoms with Crippen LogP contribution < -0.4 is 10.1 Å². The molecule has 0 radical (unpaired) electrons. The van der Waals surface area contributed by atoms with Gasteiger partial charge in [0.1, 0.15) is 11.4 Å². The summed E-state index contributed by atoms with van der Waals surface area (Å²) < 4.78 is 51.9. The van der Waals surface area contributed by atoms with Crippen molar-refractivity contribution in [2.75, 3.05) is 19.6 Å². The fourth-order valence-electron chi connectivity index (χ4n) is 6.73. The number of alkyl halides is 3. The van der Waals surface area contributed by atoms with Crippen molar-refractivity contribution in [1.82, 2.24) is 20.1 Å². The Labute approximate surface area is 304 Å². The van der Waals surface area contributed by atoms with Gasteiger partial charge in [-0.25, -0.2) is 14.8 Å². The topological polar surface area (TPSA) is 79.3 Å². The van der Waals surface area contributed by atoms with Crippen molar-refractivity contribution in [2.45, 2.75) is 92.2 Å². The molecule has 2 aliphatic rings. The molecule has 0 bridgehead atoms. The summed E-state index contributed by atoms with van der Waals surface area (Å²) in [5.41, 5.74) is 2.21. The van der Waals surface area contributed by atoms with Crippen LogP contribution >= 0.6 is 17.0 Å². The first kappa shape index (κ1) is 39.0. The quantitative estimate of drug-likeness (QED) is 0.191. The Morgan fingerprint density at radius 3 is 2.36 bits per heavy atom. The lowest BCUT2D eigenvalue weighted by molar-refractivity contribution is -0.137. The number of ether oxygens (including phenoxy) is 2. The van der Waals surface area contributed by atoms with Gasteiger partial charge in [-0.2, -0.15) is 13.2 Å². The second kappa shape index (κ2) is 15.6. The van der Waals surface area contributed by atoms with Gasteiger partial charge in [-0.1, -0.05) is 44.2 Å². The van der Waals surface area contributed by atoms with E-state index in [1.807, 2.05) is 69.9 Å². The summed E-state index contributed by atoms with van der Waals surface area (Å²) in [4.78, 5) is 26.4. The summed E-state index contributed by atoms with van der Waals surface area (Å²) in [5.74, 6) is 2.13. The third-order valence-electron chi connectivity index (χ3n) is 9.10. The number of guanidine groups is 1. The van der Waals surface area contributed by atoms with Crippen LogP contribution in [0.5, 0.6) is 11.6 Å². The van der Waals surface area contributed by atoms with E-state index in [-0.39, 0.29) is 47.0 Å². The van der Waals surface area contributed by atoms with Gasteiger partial charge in [0.15, 0.2) is 5.96 Å². The van der Waals surface area contributed by atoms with Crippen LogP contribution in [0, 0.1) is 25.2 Å². The summed E-state index contributed by atoms with van der Waals surface area (Å²) >= 11 is 0. The molecule has 0 saturated carbocycles. The number of hydrogen-bond acceptors (Lipinski definition) is 5. The number of aromatic nitrogens is 1. The fraction of sp³-hybridized carbons (Fsp3) is 0.500. The van der Waals surface area contributed by atoms with Crippen molar-refractivity contribution in [3.05, 3.63) is 88.6 Å². The highest BCUT2D eigenvalue weighted by molar-refractivity contribution is 8.93. The maximum atomic E-state index is 13.4. The van der Waals surface area contributed by atoms with Gasteiger partial charge in [0, 0.05) is 49.9 Å². The number of benzene rings is 2. The van der Waals surface area contributed by atoms with Crippen molar-refractivity contribution < 1.29 is 27.4 Å². The van der Waals surface area contributed by atoms with E-state index in [1.165, 1.54) is 12.1 Å². The van der Waals surface area contributed by atoms with Crippen LogP contribution in [-0.2, 0) is 24.0 Å². The summed E-state index contributed by atoms with van der Waals surface area (Å²) in [6.45, 7) is 16.6. The van der Waals surface area contributed by atoms with Gasteiger partial charge in [-0.15, -0.1) is 17.0 Å². The number of nitrogens with one attached hydrogen (secondary N) is 1. The van der Waals surface area contributed by atoms with Gasteiger partial charge in [0.05, 0.1) is 12.1 Å². The Kier molecular flexibility index (Phi) is 12.2. The first-order chi connectivity index (χ1) is 23.0. The maximum absolute atomic E-state index is 13.4. The average molecular weight is 761 g/mol. The molecule has 2 fully saturated rings. The molecule has 0 aliphatic carbocycles. The number of nitrogens with zero attached hydrogens (tertiary/aromatic N) is 4. The van der Waals surface area contributed by atoms with E-state index in [1.54, 1.807) is 12.3 Å². The van der Waals surface area contributed by atoms with E-state index in [4.69, 9.17) is 14.5 Å². The predicted octanol–water partition coefficient (Wildman–Crippen LogP) is 9.09. The van der Waals surface area contributed by atoms with Crippen molar-refractivity contribution in [1.29, 1.82) is 0 Å². The molecule has 12 heteroatoms. The second-order valence-corrected chi connectivity index (χ2v) is 14.9. The molecule has 1 N–H and O–H groups in total. The molecule has 1 atom stereocenters. The zero-order valence-electron chi connectivity index (χ0n) is 29.9.